The van der Waals surface area contributed by atoms with Crippen molar-refractivity contribution < 1.29 is 19.4 Å². The molecule has 128 valence electrons. The number of β-amino-alcohol motifs (C(OH)–C–C–N with tert-alkyl or cyclic N) is 1. The normalized spacial score (nSPS) is 24.3. The zero-order chi connectivity index (χ0) is 17.3. The third-order valence-electron chi connectivity index (χ3n) is 3.64. The van der Waals surface area contributed by atoms with Crippen molar-refractivity contribution in [1.82, 2.24) is 10.2 Å². The van der Waals surface area contributed by atoms with Gasteiger partial charge in [-0.2, -0.15) is 0 Å². The van der Waals surface area contributed by atoms with Gasteiger partial charge in [0.05, 0.1) is 12.1 Å². The number of carbonyl (C=O) groups is 2. The van der Waals surface area contributed by atoms with Gasteiger partial charge >= 0.3 is 5.97 Å². The number of aliphatic hydroxyl groups is 1. The molecule has 22 heavy (non-hydrogen) atoms. The van der Waals surface area contributed by atoms with Crippen LogP contribution in [0.2, 0.25) is 0 Å². The lowest BCUT2D eigenvalue weighted by Crippen LogP contribution is -2.55. The van der Waals surface area contributed by atoms with Crippen LogP contribution in [-0.2, 0) is 14.3 Å². The fourth-order valence-electron chi connectivity index (χ4n) is 2.74. The van der Waals surface area contributed by atoms with Crippen LogP contribution in [0.1, 0.15) is 48.0 Å². The number of amides is 1. The molecule has 1 amide bonds. The Morgan fingerprint density at radius 2 is 1.77 bits per heavy atom. The van der Waals surface area contributed by atoms with E-state index < -0.39 is 29.8 Å². The lowest BCUT2D eigenvalue weighted by Gasteiger charge is -2.35. The fraction of sp³-hybridized carbons (Fsp3) is 0.875. The Balaban J connectivity index is 2.95. The van der Waals surface area contributed by atoms with Gasteiger partial charge in [-0.25, -0.2) is 4.79 Å². The van der Waals surface area contributed by atoms with Crippen molar-refractivity contribution in [2.75, 3.05) is 13.6 Å². The Hall–Kier alpha value is -1.14. The van der Waals surface area contributed by atoms with Crippen molar-refractivity contribution in [2.45, 2.75) is 71.8 Å². The minimum Gasteiger partial charge on any atom is -0.458 e. The monoisotopic (exact) mass is 314 g/mol. The summed E-state index contributed by atoms with van der Waals surface area (Å²) >= 11 is 0. The Labute approximate surface area is 133 Å². The summed E-state index contributed by atoms with van der Waals surface area (Å²) in [5.74, 6) is -0.636. The molecule has 0 aromatic carbocycles. The summed E-state index contributed by atoms with van der Waals surface area (Å²) in [6.07, 6.45) is -0.472. The van der Waals surface area contributed by atoms with E-state index in [0.717, 1.165) is 0 Å². The molecule has 1 aliphatic rings. The zero-order valence-electron chi connectivity index (χ0n) is 14.8. The number of nitrogens with zero attached hydrogens (tertiary/aromatic N) is 1. The van der Waals surface area contributed by atoms with E-state index in [-0.39, 0.29) is 24.3 Å². The van der Waals surface area contributed by atoms with Gasteiger partial charge in [0.15, 0.2) is 0 Å². The fourth-order valence-corrected chi connectivity index (χ4v) is 2.74. The van der Waals surface area contributed by atoms with Gasteiger partial charge in [0, 0.05) is 13.0 Å². The summed E-state index contributed by atoms with van der Waals surface area (Å²) in [4.78, 5) is 26.6. The predicted molar refractivity (Wildman–Crippen MR) is 84.3 cm³/mol. The third-order valence-corrected chi connectivity index (χ3v) is 3.64. The molecular weight excluding hydrogens is 284 g/mol. The van der Waals surface area contributed by atoms with E-state index in [0.29, 0.717) is 0 Å². The molecule has 2 N–H and O–H groups in total. The molecule has 6 heteroatoms. The van der Waals surface area contributed by atoms with Crippen LogP contribution in [-0.4, -0.2) is 59.3 Å². The van der Waals surface area contributed by atoms with Crippen molar-refractivity contribution in [1.29, 1.82) is 0 Å². The number of ether oxygens (including phenoxy) is 1. The lowest BCUT2D eigenvalue weighted by atomic mass is 9.86. The third kappa shape index (κ3) is 4.68. The standard InChI is InChI=1S/C16H30N2O4/c1-15(2,3)12(17-7)13(20)18-9-10(19)8-11(18)14(21)22-16(4,5)6/h10-12,17,19H,8-9H2,1-7H3/t10-,11-,12+/m0/s1. The van der Waals surface area contributed by atoms with Crippen LogP contribution >= 0.6 is 0 Å². The molecule has 1 aliphatic heterocycles. The van der Waals surface area contributed by atoms with E-state index in [1.54, 1.807) is 27.8 Å². The van der Waals surface area contributed by atoms with Gasteiger partial charge in [-0.3, -0.25) is 4.79 Å². The van der Waals surface area contributed by atoms with Crippen molar-refractivity contribution in [3.8, 4) is 0 Å². The molecule has 0 radical (unpaired) electrons. The second-order valence-corrected chi connectivity index (χ2v) is 8.02. The van der Waals surface area contributed by atoms with Crippen molar-refractivity contribution in [2.24, 2.45) is 5.41 Å². The Kier molecular flexibility index (Phi) is 5.62. The van der Waals surface area contributed by atoms with Gasteiger partial charge < -0.3 is 20.1 Å². The number of likely N-dealkylation sites (tertiary alicyclic amines) is 1. The number of esters is 1. The van der Waals surface area contributed by atoms with E-state index in [1.807, 2.05) is 20.8 Å². The van der Waals surface area contributed by atoms with Crippen LogP contribution < -0.4 is 5.32 Å². The van der Waals surface area contributed by atoms with Gasteiger partial charge in [0.2, 0.25) is 5.91 Å². The van der Waals surface area contributed by atoms with Gasteiger partial charge in [0.25, 0.3) is 0 Å². The van der Waals surface area contributed by atoms with Crippen LogP contribution in [0.5, 0.6) is 0 Å². The molecule has 1 saturated heterocycles. The van der Waals surface area contributed by atoms with Crippen molar-refractivity contribution >= 4 is 11.9 Å². The minimum absolute atomic E-state index is 0.164. The molecule has 0 spiro atoms. The lowest BCUT2D eigenvalue weighted by molar-refractivity contribution is -0.164. The zero-order valence-corrected chi connectivity index (χ0v) is 14.8. The number of hydrogen-bond acceptors (Lipinski definition) is 5. The van der Waals surface area contributed by atoms with Gasteiger partial charge in [0.1, 0.15) is 11.6 Å². The molecule has 0 aliphatic carbocycles. The van der Waals surface area contributed by atoms with E-state index in [4.69, 9.17) is 4.74 Å². The molecule has 3 atom stereocenters. The first-order valence-electron chi connectivity index (χ1n) is 7.75. The largest absolute Gasteiger partial charge is 0.458 e. The quantitative estimate of drug-likeness (QED) is 0.758. The van der Waals surface area contributed by atoms with E-state index in [9.17, 15) is 14.7 Å². The number of nitrogens with one attached hydrogen (secondary N) is 1. The molecule has 1 fully saturated rings. The second kappa shape index (κ2) is 6.54. The highest BCUT2D eigenvalue weighted by Gasteiger charge is 2.44. The van der Waals surface area contributed by atoms with Crippen molar-refractivity contribution in [3.05, 3.63) is 0 Å². The van der Waals surface area contributed by atoms with Gasteiger partial charge in [-0.1, -0.05) is 20.8 Å². The first-order chi connectivity index (χ1) is 9.86. The highest BCUT2D eigenvalue weighted by molar-refractivity contribution is 5.89. The summed E-state index contributed by atoms with van der Waals surface area (Å²) in [6, 6.07) is -1.15. The Morgan fingerprint density at radius 3 is 2.18 bits per heavy atom. The Bertz CT molecular complexity index is 423. The van der Waals surface area contributed by atoms with E-state index in [2.05, 4.69) is 5.32 Å². The summed E-state index contributed by atoms with van der Waals surface area (Å²) < 4.78 is 5.39. The summed E-state index contributed by atoms with van der Waals surface area (Å²) in [5, 5.41) is 12.9. The average Bonchev–Trinajstić information content (AvgIpc) is 2.68. The molecule has 6 nitrogen and oxygen atoms in total. The molecule has 0 bridgehead atoms. The molecule has 0 aromatic heterocycles. The smallest absolute Gasteiger partial charge is 0.329 e. The number of carbonyl (C=O) groups excluding carboxylic acids is 2. The molecule has 1 rings (SSSR count). The highest BCUT2D eigenvalue weighted by atomic mass is 16.6. The molecule has 0 aromatic rings. The van der Waals surface area contributed by atoms with Crippen molar-refractivity contribution in [3.63, 3.8) is 0 Å². The minimum atomic E-state index is -0.722. The number of aliphatic hydroxyl groups excluding tert-OH is 1. The summed E-state index contributed by atoms with van der Waals surface area (Å²) in [6.45, 7) is 11.4. The SMILES string of the molecule is CN[C@H](C(=O)N1C[C@@H](O)C[C@H]1C(=O)OC(C)(C)C)C(C)(C)C. The van der Waals surface area contributed by atoms with Crippen LogP contribution in [0.15, 0.2) is 0 Å². The predicted octanol–water partition coefficient (Wildman–Crippen LogP) is 0.924. The molecule has 1 heterocycles. The van der Waals surface area contributed by atoms with Crippen LogP contribution in [0.4, 0.5) is 0 Å². The topological polar surface area (TPSA) is 78.9 Å². The van der Waals surface area contributed by atoms with Crippen LogP contribution in [0.3, 0.4) is 0 Å². The van der Waals surface area contributed by atoms with Crippen LogP contribution in [0.25, 0.3) is 0 Å². The maximum atomic E-state index is 12.8. The number of rotatable bonds is 3. The van der Waals surface area contributed by atoms with Crippen LogP contribution in [0, 0.1) is 5.41 Å². The van der Waals surface area contributed by atoms with Gasteiger partial charge in [-0.05, 0) is 33.2 Å². The maximum Gasteiger partial charge on any atom is 0.329 e. The number of likely N-dealkylation sites (N-methyl/N-ethyl adjacent to an activating group) is 1. The van der Waals surface area contributed by atoms with E-state index in [1.165, 1.54) is 4.90 Å². The average molecular weight is 314 g/mol. The molecular formula is C16H30N2O4. The first-order valence-corrected chi connectivity index (χ1v) is 7.75. The second-order valence-electron chi connectivity index (χ2n) is 8.02. The van der Waals surface area contributed by atoms with E-state index >= 15 is 0 Å². The first kappa shape index (κ1) is 18.9. The highest BCUT2D eigenvalue weighted by Crippen LogP contribution is 2.27. The Morgan fingerprint density at radius 1 is 1.23 bits per heavy atom. The summed E-state index contributed by atoms with van der Waals surface area (Å²) in [7, 11) is 1.72. The maximum absolute atomic E-state index is 12.8. The van der Waals surface area contributed by atoms with Gasteiger partial charge in [-0.15, -0.1) is 0 Å². The molecule has 0 unspecified atom stereocenters. The summed E-state index contributed by atoms with van der Waals surface area (Å²) in [5.41, 5.74) is -0.913. The number of hydrogen-bond donors (Lipinski definition) is 2. The molecule has 0 saturated carbocycles.